The molecule has 22 heavy (non-hydrogen) atoms. The number of hydrogen-bond donors (Lipinski definition) is 0. The molecule has 0 bridgehead atoms. The average molecular weight is 292 g/mol. The first-order chi connectivity index (χ1) is 10.8. The number of rotatable bonds is 4. The van der Waals surface area contributed by atoms with E-state index in [1.807, 2.05) is 36.4 Å². The first kappa shape index (κ1) is 14.2. The summed E-state index contributed by atoms with van der Waals surface area (Å²) in [5.74, 6) is 3.71. The number of pyridine rings is 1. The van der Waals surface area contributed by atoms with E-state index >= 15 is 0 Å². The van der Waals surface area contributed by atoms with Crippen molar-refractivity contribution in [2.75, 3.05) is 11.4 Å². The normalized spacial score (nSPS) is 17.3. The molecule has 1 fully saturated rings. The zero-order chi connectivity index (χ0) is 15.4. The van der Waals surface area contributed by atoms with E-state index in [1.165, 1.54) is 0 Å². The second-order valence-electron chi connectivity index (χ2n) is 5.17. The predicted molar refractivity (Wildman–Crippen MR) is 84.3 cm³/mol. The van der Waals surface area contributed by atoms with E-state index in [2.05, 4.69) is 10.9 Å². The number of benzene rings is 1. The molecule has 0 saturated carbocycles. The average Bonchev–Trinajstić information content (AvgIpc) is 2.95. The van der Waals surface area contributed by atoms with Crippen molar-refractivity contribution >= 4 is 11.7 Å². The molecule has 4 nitrogen and oxygen atoms in total. The molecule has 1 aromatic carbocycles. The molecule has 1 aliphatic heterocycles. The first-order valence-electron chi connectivity index (χ1n) is 7.16. The third-order valence-corrected chi connectivity index (χ3v) is 3.60. The van der Waals surface area contributed by atoms with Gasteiger partial charge in [0.05, 0.1) is 0 Å². The molecular weight excluding hydrogens is 276 g/mol. The monoisotopic (exact) mass is 292 g/mol. The molecule has 2 aromatic rings. The van der Waals surface area contributed by atoms with Crippen LogP contribution in [0.2, 0.25) is 0 Å². The van der Waals surface area contributed by atoms with Crippen LogP contribution in [-0.2, 0) is 11.4 Å². The van der Waals surface area contributed by atoms with Gasteiger partial charge in [0.2, 0.25) is 5.91 Å². The number of aromatic nitrogens is 1. The summed E-state index contributed by atoms with van der Waals surface area (Å²) >= 11 is 0. The van der Waals surface area contributed by atoms with Crippen molar-refractivity contribution < 1.29 is 9.53 Å². The SMILES string of the molecule is C#CC1CC(=O)N(c2ncccc2OCc2ccccc2)C1. The van der Waals surface area contributed by atoms with Crippen LogP contribution in [-0.4, -0.2) is 17.4 Å². The highest BCUT2D eigenvalue weighted by molar-refractivity contribution is 5.96. The number of nitrogens with zero attached hydrogens (tertiary/aromatic N) is 2. The van der Waals surface area contributed by atoms with Gasteiger partial charge in [0, 0.05) is 25.1 Å². The van der Waals surface area contributed by atoms with Crippen molar-refractivity contribution in [1.82, 2.24) is 4.98 Å². The number of carbonyl (C=O) groups excluding carboxylic acids is 1. The molecule has 1 amide bonds. The van der Waals surface area contributed by atoms with Gasteiger partial charge in [-0.3, -0.25) is 9.69 Å². The minimum Gasteiger partial charge on any atom is -0.485 e. The molecule has 2 heterocycles. The van der Waals surface area contributed by atoms with Gasteiger partial charge in [0.1, 0.15) is 6.61 Å². The standard InChI is InChI=1S/C18H16N2O2/c1-2-14-11-17(21)20(12-14)18-16(9-6-10-19-18)22-13-15-7-4-3-5-8-15/h1,3-10,14H,11-13H2. The Labute approximate surface area is 129 Å². The summed E-state index contributed by atoms with van der Waals surface area (Å²) in [7, 11) is 0. The lowest BCUT2D eigenvalue weighted by Crippen LogP contribution is -2.26. The summed E-state index contributed by atoms with van der Waals surface area (Å²) in [6.45, 7) is 0.925. The second-order valence-corrected chi connectivity index (χ2v) is 5.17. The van der Waals surface area contributed by atoms with Gasteiger partial charge in [-0.05, 0) is 17.7 Å². The third kappa shape index (κ3) is 2.94. The van der Waals surface area contributed by atoms with Crippen molar-refractivity contribution in [2.24, 2.45) is 5.92 Å². The number of anilines is 1. The van der Waals surface area contributed by atoms with Crippen LogP contribution in [0.1, 0.15) is 12.0 Å². The van der Waals surface area contributed by atoms with Crippen LogP contribution < -0.4 is 9.64 Å². The molecule has 110 valence electrons. The zero-order valence-electron chi connectivity index (χ0n) is 12.1. The molecule has 1 atom stereocenters. The van der Waals surface area contributed by atoms with Crippen LogP contribution >= 0.6 is 0 Å². The van der Waals surface area contributed by atoms with E-state index in [4.69, 9.17) is 11.2 Å². The van der Waals surface area contributed by atoms with E-state index in [1.54, 1.807) is 17.2 Å². The molecule has 0 N–H and O–H groups in total. The molecule has 3 rings (SSSR count). The third-order valence-electron chi connectivity index (χ3n) is 3.60. The van der Waals surface area contributed by atoms with Crippen molar-refractivity contribution in [3.63, 3.8) is 0 Å². The summed E-state index contributed by atoms with van der Waals surface area (Å²) in [5.41, 5.74) is 1.06. The lowest BCUT2D eigenvalue weighted by Gasteiger charge is -2.18. The van der Waals surface area contributed by atoms with Gasteiger partial charge in [-0.1, -0.05) is 30.3 Å². The van der Waals surface area contributed by atoms with E-state index in [0.29, 0.717) is 31.1 Å². The topological polar surface area (TPSA) is 42.4 Å². The van der Waals surface area contributed by atoms with Crippen LogP contribution in [0.5, 0.6) is 5.75 Å². The van der Waals surface area contributed by atoms with Crippen molar-refractivity contribution in [3.05, 3.63) is 54.2 Å². The Hall–Kier alpha value is -2.80. The van der Waals surface area contributed by atoms with Crippen LogP contribution in [0, 0.1) is 18.3 Å². The van der Waals surface area contributed by atoms with Crippen molar-refractivity contribution in [3.8, 4) is 18.1 Å². The minimum atomic E-state index is -0.0588. The van der Waals surface area contributed by atoms with Gasteiger partial charge < -0.3 is 4.74 Å². The van der Waals surface area contributed by atoms with Gasteiger partial charge in [-0.25, -0.2) is 4.98 Å². The molecular formula is C18H16N2O2. The summed E-state index contributed by atoms with van der Waals surface area (Å²) in [5, 5.41) is 0. The Balaban J connectivity index is 1.79. The summed E-state index contributed by atoms with van der Waals surface area (Å²) in [6, 6.07) is 13.5. The maximum absolute atomic E-state index is 12.1. The highest BCUT2D eigenvalue weighted by Crippen LogP contribution is 2.31. The Morgan fingerprint density at radius 1 is 1.27 bits per heavy atom. The number of hydrogen-bond acceptors (Lipinski definition) is 3. The number of carbonyl (C=O) groups is 1. The summed E-state index contributed by atoms with van der Waals surface area (Å²) in [4.78, 5) is 18.0. The predicted octanol–water partition coefficient (Wildman–Crippen LogP) is 2.65. The van der Waals surface area contributed by atoms with E-state index in [0.717, 1.165) is 5.56 Å². The Bertz CT molecular complexity index is 707. The summed E-state index contributed by atoms with van der Waals surface area (Å²) < 4.78 is 5.84. The second kappa shape index (κ2) is 6.31. The molecule has 1 aromatic heterocycles. The van der Waals surface area contributed by atoms with E-state index < -0.39 is 0 Å². The quantitative estimate of drug-likeness (QED) is 0.814. The minimum absolute atomic E-state index is 0.00814. The first-order valence-corrected chi connectivity index (χ1v) is 7.16. The van der Waals surface area contributed by atoms with Gasteiger partial charge in [0.15, 0.2) is 11.6 Å². The van der Waals surface area contributed by atoms with Gasteiger partial charge in [-0.15, -0.1) is 12.3 Å². The maximum atomic E-state index is 12.1. The van der Waals surface area contributed by atoms with Gasteiger partial charge in [-0.2, -0.15) is 0 Å². The van der Waals surface area contributed by atoms with E-state index in [-0.39, 0.29) is 11.8 Å². The number of terminal acetylenes is 1. The number of amides is 1. The number of ether oxygens (including phenoxy) is 1. The van der Waals surface area contributed by atoms with Gasteiger partial charge in [0.25, 0.3) is 0 Å². The Morgan fingerprint density at radius 2 is 2.09 bits per heavy atom. The Kier molecular flexibility index (Phi) is 4.06. The van der Waals surface area contributed by atoms with Crippen LogP contribution in [0.4, 0.5) is 5.82 Å². The molecule has 1 aliphatic rings. The van der Waals surface area contributed by atoms with Crippen LogP contribution in [0.3, 0.4) is 0 Å². The fraction of sp³-hybridized carbons (Fsp3) is 0.222. The van der Waals surface area contributed by atoms with Crippen LogP contribution in [0.15, 0.2) is 48.7 Å². The highest BCUT2D eigenvalue weighted by atomic mass is 16.5. The largest absolute Gasteiger partial charge is 0.485 e. The molecule has 0 aliphatic carbocycles. The van der Waals surface area contributed by atoms with E-state index in [9.17, 15) is 4.79 Å². The lowest BCUT2D eigenvalue weighted by molar-refractivity contribution is -0.117. The van der Waals surface area contributed by atoms with Crippen LogP contribution in [0.25, 0.3) is 0 Å². The molecule has 1 unspecified atom stereocenters. The lowest BCUT2D eigenvalue weighted by atomic mass is 10.1. The zero-order valence-corrected chi connectivity index (χ0v) is 12.1. The fourth-order valence-corrected chi connectivity index (χ4v) is 2.46. The fourth-order valence-electron chi connectivity index (χ4n) is 2.46. The Morgan fingerprint density at radius 3 is 2.82 bits per heavy atom. The van der Waals surface area contributed by atoms with Crippen molar-refractivity contribution in [2.45, 2.75) is 13.0 Å². The maximum Gasteiger partial charge on any atom is 0.229 e. The highest BCUT2D eigenvalue weighted by Gasteiger charge is 2.31. The summed E-state index contributed by atoms with van der Waals surface area (Å²) in [6.07, 6.45) is 7.45. The molecule has 4 heteroatoms. The molecule has 0 spiro atoms. The smallest absolute Gasteiger partial charge is 0.229 e. The van der Waals surface area contributed by atoms with Crippen molar-refractivity contribution in [1.29, 1.82) is 0 Å². The molecule has 1 saturated heterocycles. The molecule has 0 radical (unpaired) electrons. The van der Waals surface area contributed by atoms with Gasteiger partial charge >= 0.3 is 0 Å².